The summed E-state index contributed by atoms with van der Waals surface area (Å²) in [5, 5.41) is 3.28. The highest BCUT2D eigenvalue weighted by molar-refractivity contribution is 8.04. The van der Waals surface area contributed by atoms with E-state index in [0.717, 1.165) is 70.6 Å². The molecule has 3 fully saturated rings. The first-order chi connectivity index (χ1) is 19.5. The number of piperazine rings is 1. The Morgan fingerprint density at radius 2 is 1.82 bits per heavy atom. The second-order valence-electron chi connectivity index (χ2n) is 10.7. The van der Waals surface area contributed by atoms with Crippen molar-refractivity contribution in [3.63, 3.8) is 0 Å². The molecule has 0 spiro atoms. The third-order valence-electron chi connectivity index (χ3n) is 8.11. The minimum atomic E-state index is -0.347. The van der Waals surface area contributed by atoms with Gasteiger partial charge in [0.05, 0.1) is 12.0 Å². The minimum absolute atomic E-state index is 0.0513. The van der Waals surface area contributed by atoms with Crippen LogP contribution in [0.1, 0.15) is 37.7 Å². The van der Waals surface area contributed by atoms with Gasteiger partial charge in [0.1, 0.15) is 18.1 Å². The first-order valence-electron chi connectivity index (χ1n) is 14.3. The number of thioether (sulfide) groups is 1. The van der Waals surface area contributed by atoms with Gasteiger partial charge < -0.3 is 19.9 Å². The van der Waals surface area contributed by atoms with Gasteiger partial charge in [0, 0.05) is 55.3 Å². The van der Waals surface area contributed by atoms with E-state index in [1.165, 1.54) is 11.8 Å². The molecule has 2 amide bonds. The van der Waals surface area contributed by atoms with Crippen molar-refractivity contribution in [2.24, 2.45) is 0 Å². The largest absolute Gasteiger partial charge is 0.497 e. The number of hydrogen-bond acceptors (Lipinski definition) is 6. The topological polar surface area (TPSA) is 65.1 Å². The van der Waals surface area contributed by atoms with Gasteiger partial charge in [-0.1, -0.05) is 31.0 Å². The standard InChI is InChI=1S/C31H39FN4O3S/c1-39-25-13-11-24(12-14-25)35-19-17-34(18-20-35)16-6-15-33-30(37)22-36-27-9-4-5-10-28(27)40-29(31(36)38)21-23-7-2-3-8-26(23)32/h2-3,7-8,11-14,21,27-28H,4-6,9-10,15-20,22H2,1H3,(H,33,37)/b29-21-. The second kappa shape index (κ2) is 13.5. The second-order valence-corrected chi connectivity index (χ2v) is 12.0. The fourth-order valence-corrected chi connectivity index (χ4v) is 7.32. The molecule has 2 aliphatic heterocycles. The molecule has 0 bridgehead atoms. The Morgan fingerprint density at radius 1 is 1.07 bits per heavy atom. The van der Waals surface area contributed by atoms with Crippen molar-refractivity contribution in [2.75, 3.05) is 57.8 Å². The molecule has 2 saturated heterocycles. The number of nitrogens with one attached hydrogen (secondary N) is 1. The zero-order valence-corrected chi connectivity index (χ0v) is 24.0. The minimum Gasteiger partial charge on any atom is -0.497 e. The normalized spacial score (nSPS) is 22.8. The van der Waals surface area contributed by atoms with Gasteiger partial charge in [0.2, 0.25) is 5.91 Å². The summed E-state index contributed by atoms with van der Waals surface area (Å²) in [6.07, 6.45) is 6.59. The first kappa shape index (κ1) is 28.5. The molecule has 214 valence electrons. The van der Waals surface area contributed by atoms with Crippen LogP contribution in [0, 0.1) is 5.82 Å². The van der Waals surface area contributed by atoms with E-state index in [9.17, 15) is 14.0 Å². The maximum absolute atomic E-state index is 14.3. The lowest BCUT2D eigenvalue weighted by atomic mass is 9.93. The number of rotatable bonds is 9. The van der Waals surface area contributed by atoms with Crippen molar-refractivity contribution in [3.05, 3.63) is 64.8 Å². The molecule has 1 aliphatic carbocycles. The number of carbonyl (C=O) groups is 2. The van der Waals surface area contributed by atoms with E-state index in [4.69, 9.17) is 4.74 Å². The molecule has 1 saturated carbocycles. The Bertz CT molecular complexity index is 1200. The SMILES string of the molecule is COc1ccc(N2CCN(CCCNC(=O)CN3C(=O)/C(=C/c4ccccc4F)SC4CCCCC43)CC2)cc1. The summed E-state index contributed by atoms with van der Waals surface area (Å²) in [6, 6.07) is 14.7. The Kier molecular flexibility index (Phi) is 9.65. The monoisotopic (exact) mass is 566 g/mol. The number of benzene rings is 2. The fraction of sp³-hybridized carbons (Fsp3) is 0.484. The van der Waals surface area contributed by atoms with E-state index in [1.54, 1.807) is 48.0 Å². The zero-order chi connectivity index (χ0) is 27.9. The van der Waals surface area contributed by atoms with Crippen molar-refractivity contribution >= 4 is 35.3 Å². The van der Waals surface area contributed by atoms with Crippen LogP contribution in [0.4, 0.5) is 10.1 Å². The lowest BCUT2D eigenvalue weighted by Gasteiger charge is -2.43. The van der Waals surface area contributed by atoms with E-state index in [2.05, 4.69) is 27.2 Å². The van der Waals surface area contributed by atoms with Crippen LogP contribution in [-0.4, -0.2) is 85.8 Å². The number of amides is 2. The molecule has 1 N–H and O–H groups in total. The van der Waals surface area contributed by atoms with Crippen LogP contribution in [-0.2, 0) is 9.59 Å². The molecule has 2 aromatic rings. The summed E-state index contributed by atoms with van der Waals surface area (Å²) in [7, 11) is 1.68. The number of carbonyl (C=O) groups excluding carboxylic acids is 2. The Balaban J connectivity index is 1.09. The maximum Gasteiger partial charge on any atom is 0.261 e. The predicted molar refractivity (Wildman–Crippen MR) is 159 cm³/mol. The van der Waals surface area contributed by atoms with Crippen LogP contribution < -0.4 is 15.0 Å². The summed E-state index contributed by atoms with van der Waals surface area (Å²) in [4.78, 5) is 33.5. The quantitative estimate of drug-likeness (QED) is 0.359. The number of methoxy groups -OCH3 is 1. The van der Waals surface area contributed by atoms with Gasteiger partial charge in [-0.15, -0.1) is 11.8 Å². The average Bonchev–Trinajstić information content (AvgIpc) is 2.99. The van der Waals surface area contributed by atoms with E-state index in [-0.39, 0.29) is 35.5 Å². The number of hydrogen-bond donors (Lipinski definition) is 1. The summed E-state index contributed by atoms with van der Waals surface area (Å²) in [5.74, 6) is 0.229. The summed E-state index contributed by atoms with van der Waals surface area (Å²) in [5.41, 5.74) is 1.62. The third kappa shape index (κ3) is 6.99. The van der Waals surface area contributed by atoms with Gasteiger partial charge in [-0.25, -0.2) is 4.39 Å². The molecule has 9 heteroatoms. The van der Waals surface area contributed by atoms with Gasteiger partial charge >= 0.3 is 0 Å². The molecule has 7 nitrogen and oxygen atoms in total. The van der Waals surface area contributed by atoms with Crippen molar-refractivity contribution < 1.29 is 18.7 Å². The van der Waals surface area contributed by atoms with Crippen molar-refractivity contribution in [2.45, 2.75) is 43.4 Å². The van der Waals surface area contributed by atoms with Crippen LogP contribution in [0.15, 0.2) is 53.4 Å². The Labute approximate surface area is 240 Å². The molecule has 0 aromatic heterocycles. The Hall–Kier alpha value is -3.04. The molecular weight excluding hydrogens is 527 g/mol. The maximum atomic E-state index is 14.3. The summed E-state index contributed by atoms with van der Waals surface area (Å²) >= 11 is 1.55. The van der Waals surface area contributed by atoms with E-state index in [0.29, 0.717) is 17.0 Å². The van der Waals surface area contributed by atoms with Crippen molar-refractivity contribution in [3.8, 4) is 5.75 Å². The fourth-order valence-electron chi connectivity index (χ4n) is 5.86. The number of nitrogens with zero attached hydrogens (tertiary/aromatic N) is 3. The lowest BCUT2D eigenvalue weighted by Crippen LogP contribution is -2.54. The highest BCUT2D eigenvalue weighted by Crippen LogP contribution is 2.42. The zero-order valence-electron chi connectivity index (χ0n) is 23.2. The van der Waals surface area contributed by atoms with Gasteiger partial charge in [0.25, 0.3) is 5.91 Å². The van der Waals surface area contributed by atoms with E-state index >= 15 is 0 Å². The van der Waals surface area contributed by atoms with Gasteiger partial charge in [-0.2, -0.15) is 0 Å². The number of ether oxygens (including phenoxy) is 1. The number of halogens is 1. The predicted octanol–water partition coefficient (Wildman–Crippen LogP) is 4.39. The molecule has 40 heavy (non-hydrogen) atoms. The highest BCUT2D eigenvalue weighted by atomic mass is 32.2. The molecular formula is C31H39FN4O3S. The highest BCUT2D eigenvalue weighted by Gasteiger charge is 2.41. The van der Waals surface area contributed by atoms with Gasteiger partial charge in [0.15, 0.2) is 0 Å². The van der Waals surface area contributed by atoms with Crippen LogP contribution in [0.25, 0.3) is 6.08 Å². The average molecular weight is 567 g/mol. The first-order valence-corrected chi connectivity index (χ1v) is 15.2. The molecule has 3 aliphatic rings. The molecule has 2 unspecified atom stereocenters. The van der Waals surface area contributed by atoms with Crippen LogP contribution in [0.5, 0.6) is 5.75 Å². The van der Waals surface area contributed by atoms with Gasteiger partial charge in [-0.3, -0.25) is 14.5 Å². The Morgan fingerprint density at radius 3 is 2.58 bits per heavy atom. The molecule has 2 atom stereocenters. The van der Waals surface area contributed by atoms with Crippen molar-refractivity contribution in [1.29, 1.82) is 0 Å². The smallest absolute Gasteiger partial charge is 0.261 e. The van der Waals surface area contributed by atoms with Crippen LogP contribution in [0.2, 0.25) is 0 Å². The molecule has 0 radical (unpaired) electrons. The lowest BCUT2D eigenvalue weighted by molar-refractivity contribution is -0.135. The van der Waals surface area contributed by atoms with Crippen LogP contribution >= 0.6 is 11.8 Å². The molecule has 2 aromatic carbocycles. The summed E-state index contributed by atoms with van der Waals surface area (Å²) in [6.45, 7) is 5.48. The van der Waals surface area contributed by atoms with Gasteiger partial charge in [-0.05, 0) is 62.2 Å². The van der Waals surface area contributed by atoms with E-state index < -0.39 is 0 Å². The molecule has 5 rings (SSSR count). The number of anilines is 1. The summed E-state index contributed by atoms with van der Waals surface area (Å²) < 4.78 is 19.5. The van der Waals surface area contributed by atoms with Crippen molar-refractivity contribution in [1.82, 2.24) is 15.1 Å². The van der Waals surface area contributed by atoms with E-state index in [1.807, 2.05) is 12.1 Å². The van der Waals surface area contributed by atoms with Crippen LogP contribution in [0.3, 0.4) is 0 Å². The third-order valence-corrected chi connectivity index (χ3v) is 9.51. The molecule has 2 heterocycles. The number of fused-ring (bicyclic) bond motifs is 1.